The molecule has 0 aliphatic heterocycles. The molecule has 2 rings (SSSR count). The second-order valence-corrected chi connectivity index (χ2v) is 4.22. The van der Waals surface area contributed by atoms with Crippen molar-refractivity contribution in [3.63, 3.8) is 0 Å². The molecular weight excluding hydrogens is 206 g/mol. The van der Waals surface area contributed by atoms with Gasteiger partial charge >= 0.3 is 0 Å². The second kappa shape index (κ2) is 4.65. The van der Waals surface area contributed by atoms with Crippen LogP contribution in [0.2, 0.25) is 0 Å². The highest BCUT2D eigenvalue weighted by Crippen LogP contribution is 2.27. The Bertz CT molecular complexity index is 367. The van der Waals surface area contributed by atoms with E-state index in [1.54, 1.807) is 19.4 Å². The van der Waals surface area contributed by atoms with Gasteiger partial charge in [-0.3, -0.25) is 4.79 Å². The first-order valence-electron chi connectivity index (χ1n) is 5.59. The Morgan fingerprint density at radius 1 is 1.50 bits per heavy atom. The van der Waals surface area contributed by atoms with E-state index in [1.807, 2.05) is 0 Å². The van der Waals surface area contributed by atoms with Crippen LogP contribution in [0.1, 0.15) is 30.5 Å². The molecule has 0 bridgehead atoms. The zero-order chi connectivity index (χ0) is 11.5. The first kappa shape index (κ1) is 11.1. The number of rotatable bonds is 2. The minimum atomic E-state index is 0.0112. The maximum Gasteiger partial charge on any atom is 0.251 e. The Hall–Kier alpha value is -1.36. The van der Waals surface area contributed by atoms with Crippen LogP contribution in [0.3, 0.4) is 0 Å². The first-order valence-corrected chi connectivity index (χ1v) is 5.59. The van der Waals surface area contributed by atoms with E-state index < -0.39 is 0 Å². The molecule has 5 nitrogen and oxygen atoms in total. The summed E-state index contributed by atoms with van der Waals surface area (Å²) in [6.45, 7) is 0. The summed E-state index contributed by atoms with van der Waals surface area (Å²) in [4.78, 5) is 12.1. The number of carbonyl (C=O) groups is 1. The number of hydrogen-bond donors (Lipinski definition) is 1. The van der Waals surface area contributed by atoms with Crippen molar-refractivity contribution >= 4 is 11.7 Å². The number of anilines is 1. The Morgan fingerprint density at radius 2 is 2.19 bits per heavy atom. The number of aromatic nitrogens is 2. The van der Waals surface area contributed by atoms with Crippen LogP contribution >= 0.6 is 0 Å². The lowest BCUT2D eigenvalue weighted by molar-refractivity contribution is 0.0476. The minimum absolute atomic E-state index is 0.0112. The summed E-state index contributed by atoms with van der Waals surface area (Å²) in [7, 11) is 1.72. The van der Waals surface area contributed by atoms with Crippen LogP contribution in [0.25, 0.3) is 0 Å². The molecule has 0 unspecified atom stereocenters. The molecule has 16 heavy (non-hydrogen) atoms. The molecular formula is C11H17N3O2. The summed E-state index contributed by atoms with van der Waals surface area (Å²) in [6, 6.07) is 1.64. The van der Waals surface area contributed by atoms with Crippen LogP contribution in [0, 0.1) is 5.92 Å². The lowest BCUT2D eigenvalue weighted by Gasteiger charge is -2.26. The van der Waals surface area contributed by atoms with E-state index in [1.165, 1.54) is 4.68 Å². The molecule has 5 heteroatoms. The Labute approximate surface area is 94.6 Å². The van der Waals surface area contributed by atoms with Gasteiger partial charge in [-0.25, -0.2) is 0 Å². The van der Waals surface area contributed by atoms with Crippen molar-refractivity contribution in [1.29, 1.82) is 0 Å². The summed E-state index contributed by atoms with van der Waals surface area (Å²) in [6.07, 6.45) is 5.45. The molecule has 1 aromatic heterocycles. The highest BCUT2D eigenvalue weighted by atomic mass is 16.5. The number of carbonyl (C=O) groups excluding carboxylic acids is 1. The SMILES string of the molecule is COC1CCC(C(=O)n2nccc2N)CC1. The fourth-order valence-corrected chi connectivity index (χ4v) is 2.22. The van der Waals surface area contributed by atoms with Crippen molar-refractivity contribution in [3.05, 3.63) is 12.3 Å². The second-order valence-electron chi connectivity index (χ2n) is 4.22. The number of nitrogens with two attached hydrogens (primary N) is 1. The number of nitrogens with zero attached hydrogens (tertiary/aromatic N) is 2. The molecule has 1 heterocycles. The van der Waals surface area contributed by atoms with E-state index in [2.05, 4.69) is 5.10 Å². The quantitative estimate of drug-likeness (QED) is 0.820. The van der Waals surface area contributed by atoms with Gasteiger partial charge in [0.05, 0.1) is 12.3 Å². The fraction of sp³-hybridized carbons (Fsp3) is 0.636. The monoisotopic (exact) mass is 223 g/mol. The van der Waals surface area contributed by atoms with Gasteiger partial charge in [-0.05, 0) is 25.7 Å². The molecule has 0 radical (unpaired) electrons. The highest BCUT2D eigenvalue weighted by Gasteiger charge is 2.28. The highest BCUT2D eigenvalue weighted by molar-refractivity contribution is 5.83. The van der Waals surface area contributed by atoms with Crippen molar-refractivity contribution in [2.75, 3.05) is 12.8 Å². The zero-order valence-electron chi connectivity index (χ0n) is 9.43. The summed E-state index contributed by atoms with van der Waals surface area (Å²) < 4.78 is 6.58. The number of hydrogen-bond acceptors (Lipinski definition) is 4. The van der Waals surface area contributed by atoms with Crippen LogP contribution in [0.4, 0.5) is 5.82 Å². The van der Waals surface area contributed by atoms with E-state index in [9.17, 15) is 4.79 Å². The van der Waals surface area contributed by atoms with Crippen molar-refractivity contribution in [2.45, 2.75) is 31.8 Å². The van der Waals surface area contributed by atoms with Crippen molar-refractivity contribution in [3.8, 4) is 0 Å². The van der Waals surface area contributed by atoms with Gasteiger partial charge in [-0.2, -0.15) is 9.78 Å². The lowest BCUT2D eigenvalue weighted by Crippen LogP contribution is -2.30. The standard InChI is InChI=1S/C11H17N3O2/c1-16-9-4-2-8(3-5-9)11(15)14-10(12)6-7-13-14/h6-9H,2-5,12H2,1H3. The summed E-state index contributed by atoms with van der Waals surface area (Å²) in [5.41, 5.74) is 5.66. The molecule has 0 aromatic carbocycles. The fourth-order valence-electron chi connectivity index (χ4n) is 2.22. The summed E-state index contributed by atoms with van der Waals surface area (Å²) in [5, 5.41) is 3.94. The van der Waals surface area contributed by atoms with Crippen LogP contribution < -0.4 is 5.73 Å². The molecule has 1 aromatic rings. The number of ether oxygens (including phenoxy) is 1. The van der Waals surface area contributed by atoms with Gasteiger partial charge in [0.2, 0.25) is 0 Å². The Morgan fingerprint density at radius 3 is 2.69 bits per heavy atom. The maximum absolute atomic E-state index is 12.1. The van der Waals surface area contributed by atoms with E-state index in [0.29, 0.717) is 11.9 Å². The molecule has 2 N–H and O–H groups in total. The molecule has 0 amide bonds. The molecule has 1 aliphatic rings. The first-order chi connectivity index (χ1) is 7.72. The van der Waals surface area contributed by atoms with Gasteiger partial charge in [0.15, 0.2) is 0 Å². The average molecular weight is 223 g/mol. The molecule has 0 spiro atoms. The normalized spacial score (nSPS) is 25.6. The van der Waals surface area contributed by atoms with Gasteiger partial charge in [-0.1, -0.05) is 0 Å². The van der Waals surface area contributed by atoms with Gasteiger partial charge in [0.25, 0.3) is 5.91 Å². The predicted octanol–water partition coefficient (Wildman–Crippen LogP) is 1.31. The Kier molecular flexibility index (Phi) is 3.24. The maximum atomic E-state index is 12.1. The third kappa shape index (κ3) is 2.09. The van der Waals surface area contributed by atoms with Crippen LogP contribution in [0.5, 0.6) is 0 Å². The smallest absolute Gasteiger partial charge is 0.251 e. The topological polar surface area (TPSA) is 70.1 Å². The van der Waals surface area contributed by atoms with Gasteiger partial charge in [0, 0.05) is 19.1 Å². The van der Waals surface area contributed by atoms with Crippen LogP contribution in [-0.2, 0) is 4.74 Å². The summed E-state index contributed by atoms with van der Waals surface area (Å²) >= 11 is 0. The van der Waals surface area contributed by atoms with E-state index >= 15 is 0 Å². The minimum Gasteiger partial charge on any atom is -0.383 e. The summed E-state index contributed by atoms with van der Waals surface area (Å²) in [5.74, 6) is 0.463. The van der Waals surface area contributed by atoms with E-state index in [-0.39, 0.29) is 11.8 Å². The van der Waals surface area contributed by atoms with Gasteiger partial charge in [-0.15, -0.1) is 0 Å². The third-order valence-electron chi connectivity index (χ3n) is 3.24. The van der Waals surface area contributed by atoms with Crippen molar-refractivity contribution < 1.29 is 9.53 Å². The molecule has 1 saturated carbocycles. The molecule has 1 aliphatic carbocycles. The number of nitrogen functional groups attached to an aromatic ring is 1. The van der Waals surface area contributed by atoms with E-state index in [0.717, 1.165) is 25.7 Å². The lowest BCUT2D eigenvalue weighted by atomic mass is 9.87. The molecule has 1 fully saturated rings. The zero-order valence-corrected chi connectivity index (χ0v) is 9.43. The van der Waals surface area contributed by atoms with Crippen molar-refractivity contribution in [1.82, 2.24) is 9.78 Å². The number of methoxy groups -OCH3 is 1. The molecule has 88 valence electrons. The predicted molar refractivity (Wildman–Crippen MR) is 60.0 cm³/mol. The van der Waals surface area contributed by atoms with Gasteiger partial charge in [0.1, 0.15) is 5.82 Å². The molecule has 0 atom stereocenters. The average Bonchev–Trinajstić information content (AvgIpc) is 2.75. The molecule has 0 saturated heterocycles. The van der Waals surface area contributed by atoms with E-state index in [4.69, 9.17) is 10.5 Å². The van der Waals surface area contributed by atoms with Crippen LogP contribution in [-0.4, -0.2) is 28.9 Å². The largest absolute Gasteiger partial charge is 0.383 e. The van der Waals surface area contributed by atoms with Crippen molar-refractivity contribution in [2.24, 2.45) is 5.92 Å². The third-order valence-corrected chi connectivity index (χ3v) is 3.24. The Balaban J connectivity index is 2.00. The van der Waals surface area contributed by atoms with Crippen LogP contribution in [0.15, 0.2) is 12.3 Å². The van der Waals surface area contributed by atoms with Gasteiger partial charge < -0.3 is 10.5 Å².